The number of benzene rings is 5. The van der Waals surface area contributed by atoms with Crippen LogP contribution in [0.3, 0.4) is 0 Å². The van der Waals surface area contributed by atoms with Gasteiger partial charge in [-0.25, -0.2) is 0 Å². The lowest BCUT2D eigenvalue weighted by molar-refractivity contribution is 0.647. The van der Waals surface area contributed by atoms with Crippen molar-refractivity contribution in [3.05, 3.63) is 145 Å². The number of aryl methyl sites for hydroxylation is 1. The van der Waals surface area contributed by atoms with Gasteiger partial charge in [-0.1, -0.05) is 105 Å². The Bertz CT molecular complexity index is 2430. The molecule has 1 unspecified atom stereocenters. The first-order valence-corrected chi connectivity index (χ1v) is 17.4. The molecule has 2 heterocycles. The number of nitrogens with two attached hydrogens (primary N) is 1. The van der Waals surface area contributed by atoms with E-state index in [0.717, 1.165) is 12.8 Å². The van der Waals surface area contributed by atoms with E-state index in [1.165, 1.54) is 80.9 Å². The van der Waals surface area contributed by atoms with E-state index < -0.39 is 0 Å². The van der Waals surface area contributed by atoms with Gasteiger partial charge in [0.05, 0.1) is 17.9 Å². The number of hydrogen-bond donors (Lipinski definition) is 2. The highest BCUT2D eigenvalue weighted by Gasteiger charge is 2.35. The zero-order valence-electron chi connectivity index (χ0n) is 28.0. The Morgan fingerprint density at radius 3 is 2.29 bits per heavy atom. The Morgan fingerprint density at radius 2 is 1.52 bits per heavy atom. The van der Waals surface area contributed by atoms with E-state index in [2.05, 4.69) is 153 Å². The van der Waals surface area contributed by atoms with Gasteiger partial charge in [0.2, 0.25) is 0 Å². The van der Waals surface area contributed by atoms with Crippen LogP contribution in [0.1, 0.15) is 49.9 Å². The molecule has 2 aromatic heterocycles. The lowest BCUT2D eigenvalue weighted by atomic mass is 9.82. The van der Waals surface area contributed by atoms with Crippen LogP contribution >= 0.6 is 11.3 Å². The Kier molecular flexibility index (Phi) is 8.14. The summed E-state index contributed by atoms with van der Waals surface area (Å²) in [6.07, 6.45) is 12.6. The molecule has 7 aromatic rings. The first-order chi connectivity index (χ1) is 23.3. The predicted molar refractivity (Wildman–Crippen MR) is 211 cm³/mol. The minimum Gasteiger partial charge on any atom is -0.390 e. The second kappa shape index (κ2) is 12.4. The average Bonchev–Trinajstić information content (AvgIpc) is 3.72. The van der Waals surface area contributed by atoms with E-state index in [-0.39, 0.29) is 5.41 Å². The fourth-order valence-electron chi connectivity index (χ4n) is 7.85. The molecule has 0 saturated carbocycles. The highest BCUT2D eigenvalue weighted by molar-refractivity contribution is 7.26. The number of rotatable bonds is 2. The first-order valence-electron chi connectivity index (χ1n) is 16.6. The van der Waals surface area contributed by atoms with Crippen molar-refractivity contribution >= 4 is 59.7 Å². The maximum atomic E-state index is 5.86. The molecule has 2 aliphatic rings. The predicted octanol–water partition coefficient (Wildman–Crippen LogP) is 12.2. The standard InChI is InChI=1S/C40H31NS.C3H6.CH4N2/c1-24-38-29-14-8-10-16-36(29)42-37(38)23-32-31-22-26(18-20-35(31)41(39(24)32)27-11-5-4-6-12-27)25-17-19-34-30(21-25)28-13-7-9-15-33(28)40(34,2)3;1-3-2;2-1-3/h4-11,13-23,27H,12H2,1-3H3;3H,1H2,2H3;1H,(H3,2,3). The number of thiophene rings is 1. The molecular formula is C44H41N3S. The van der Waals surface area contributed by atoms with Gasteiger partial charge in [-0.05, 0) is 89.5 Å². The summed E-state index contributed by atoms with van der Waals surface area (Å²) >= 11 is 1.92. The van der Waals surface area contributed by atoms with Crippen LogP contribution in [-0.4, -0.2) is 10.9 Å². The van der Waals surface area contributed by atoms with Crippen molar-refractivity contribution < 1.29 is 0 Å². The molecule has 0 radical (unpaired) electrons. The van der Waals surface area contributed by atoms with Crippen molar-refractivity contribution in [1.82, 2.24) is 4.57 Å². The topological polar surface area (TPSA) is 54.8 Å². The summed E-state index contributed by atoms with van der Waals surface area (Å²) in [4.78, 5) is 0. The first kappa shape index (κ1) is 31.4. The Hall–Kier alpha value is -5.19. The van der Waals surface area contributed by atoms with Crippen LogP contribution in [0.4, 0.5) is 0 Å². The van der Waals surface area contributed by atoms with Crippen molar-refractivity contribution in [3.8, 4) is 22.3 Å². The molecule has 238 valence electrons. The summed E-state index contributed by atoms with van der Waals surface area (Å²) in [7, 11) is 0. The van der Waals surface area contributed by atoms with Gasteiger partial charge in [0.25, 0.3) is 0 Å². The van der Waals surface area contributed by atoms with Gasteiger partial charge in [-0.15, -0.1) is 17.9 Å². The second-order valence-corrected chi connectivity index (χ2v) is 14.2. The zero-order chi connectivity index (χ0) is 33.6. The van der Waals surface area contributed by atoms with Crippen LogP contribution in [0.2, 0.25) is 0 Å². The van der Waals surface area contributed by atoms with E-state index >= 15 is 0 Å². The third-order valence-electron chi connectivity index (χ3n) is 9.88. The van der Waals surface area contributed by atoms with Crippen molar-refractivity contribution in [3.63, 3.8) is 0 Å². The summed E-state index contributed by atoms with van der Waals surface area (Å²) in [5.41, 5.74) is 16.6. The normalized spacial score (nSPS) is 15.5. The SMILES string of the molecule is C=CC.Cc1c2c(cc3c4cc(-c5ccc6c(c5)-c5ccccc5C6(C)C)ccc4n(C4C=CC=CC4)c13)sc1ccccc12.N=CN. The molecule has 3 nitrogen and oxygen atoms in total. The molecule has 1 atom stereocenters. The van der Waals surface area contributed by atoms with E-state index in [4.69, 9.17) is 5.41 Å². The molecule has 5 aromatic carbocycles. The molecule has 4 heteroatoms. The summed E-state index contributed by atoms with van der Waals surface area (Å²) in [5, 5.41) is 11.3. The monoisotopic (exact) mass is 643 g/mol. The quantitative estimate of drug-likeness (QED) is 0.110. The average molecular weight is 644 g/mol. The van der Waals surface area contributed by atoms with E-state index in [0.29, 0.717) is 6.04 Å². The number of nitrogens with one attached hydrogen (secondary N) is 1. The van der Waals surface area contributed by atoms with Gasteiger partial charge in [0.1, 0.15) is 0 Å². The third kappa shape index (κ3) is 4.91. The van der Waals surface area contributed by atoms with Crippen LogP contribution < -0.4 is 5.73 Å². The molecule has 0 aliphatic heterocycles. The van der Waals surface area contributed by atoms with E-state index in [1.54, 1.807) is 6.08 Å². The maximum Gasteiger partial charge on any atom is 0.0765 e. The van der Waals surface area contributed by atoms with Gasteiger partial charge >= 0.3 is 0 Å². The zero-order valence-corrected chi connectivity index (χ0v) is 28.9. The molecule has 3 N–H and O–H groups in total. The molecule has 0 fully saturated rings. The Morgan fingerprint density at radius 1 is 0.833 bits per heavy atom. The largest absolute Gasteiger partial charge is 0.390 e. The number of allylic oxidation sites excluding steroid dienone is 5. The summed E-state index contributed by atoms with van der Waals surface area (Å²) in [5.74, 6) is 0. The molecule has 9 rings (SSSR count). The Balaban J connectivity index is 0.000000568. The molecule has 0 bridgehead atoms. The molecule has 2 aliphatic carbocycles. The van der Waals surface area contributed by atoms with E-state index in [1.807, 2.05) is 18.3 Å². The highest BCUT2D eigenvalue weighted by atomic mass is 32.1. The van der Waals surface area contributed by atoms with Crippen LogP contribution in [0.25, 0.3) is 64.2 Å². The van der Waals surface area contributed by atoms with Crippen molar-refractivity contribution in [1.29, 1.82) is 5.41 Å². The maximum absolute atomic E-state index is 5.86. The number of nitrogens with zero attached hydrogens (tertiary/aromatic N) is 1. The summed E-state index contributed by atoms with van der Waals surface area (Å²) in [6.45, 7) is 12.3. The molecular weight excluding hydrogens is 603 g/mol. The van der Waals surface area contributed by atoms with Crippen LogP contribution in [0, 0.1) is 12.3 Å². The van der Waals surface area contributed by atoms with Gasteiger partial charge in [0.15, 0.2) is 0 Å². The smallest absolute Gasteiger partial charge is 0.0765 e. The van der Waals surface area contributed by atoms with Crippen molar-refractivity contribution in [2.45, 2.75) is 45.6 Å². The lowest BCUT2D eigenvalue weighted by Crippen LogP contribution is -2.14. The highest BCUT2D eigenvalue weighted by Crippen LogP contribution is 2.50. The Labute approximate surface area is 286 Å². The van der Waals surface area contributed by atoms with Gasteiger partial charge in [-0.3, -0.25) is 5.41 Å². The fourth-order valence-corrected chi connectivity index (χ4v) is 9.06. The fraction of sp³-hybridized carbons (Fsp3) is 0.159. The molecule has 0 saturated heterocycles. The molecule has 0 spiro atoms. The van der Waals surface area contributed by atoms with Gasteiger partial charge in [0, 0.05) is 41.9 Å². The summed E-state index contributed by atoms with van der Waals surface area (Å²) in [6, 6.07) is 34.8. The minimum atomic E-state index is 0.0247. The van der Waals surface area contributed by atoms with Gasteiger partial charge in [-0.2, -0.15) is 0 Å². The molecule has 48 heavy (non-hydrogen) atoms. The number of fused-ring (bicyclic) bond motifs is 9. The van der Waals surface area contributed by atoms with Crippen molar-refractivity contribution in [2.24, 2.45) is 5.73 Å². The number of aromatic nitrogens is 1. The van der Waals surface area contributed by atoms with Crippen LogP contribution in [-0.2, 0) is 5.41 Å². The third-order valence-corrected chi connectivity index (χ3v) is 11.0. The van der Waals surface area contributed by atoms with Crippen molar-refractivity contribution in [2.75, 3.05) is 0 Å². The summed E-state index contributed by atoms with van der Waals surface area (Å²) < 4.78 is 5.35. The van der Waals surface area contributed by atoms with Crippen LogP contribution in [0.15, 0.2) is 128 Å². The second-order valence-electron chi connectivity index (χ2n) is 13.1. The molecule has 0 amide bonds. The van der Waals surface area contributed by atoms with E-state index in [9.17, 15) is 0 Å². The lowest BCUT2D eigenvalue weighted by Gasteiger charge is -2.21. The van der Waals surface area contributed by atoms with Gasteiger partial charge < -0.3 is 10.3 Å². The minimum absolute atomic E-state index is 0.0247. The van der Waals surface area contributed by atoms with Crippen LogP contribution in [0.5, 0.6) is 0 Å². The number of hydrogen-bond acceptors (Lipinski definition) is 2.